The number of halogens is 2. The normalized spacial score (nSPS) is 15.9. The highest BCUT2D eigenvalue weighted by Gasteiger charge is 2.14. The predicted octanol–water partition coefficient (Wildman–Crippen LogP) is -2.66. The van der Waals surface area contributed by atoms with Gasteiger partial charge in [0, 0.05) is 0 Å². The second-order valence-electron chi connectivity index (χ2n) is 9.15. The quantitative estimate of drug-likeness (QED) is 0.0221. The Balaban J connectivity index is -0.000000125. The van der Waals surface area contributed by atoms with Crippen LogP contribution in [0.2, 0.25) is 0 Å². The molecule has 0 aromatic carbocycles. The number of aliphatic hydroxyl groups excluding tert-OH is 6. The second-order valence-corrected chi connectivity index (χ2v) is 10.3. The maximum atomic E-state index is 11.2. The van der Waals surface area contributed by atoms with Crippen LogP contribution in [0.25, 0.3) is 0 Å². The summed E-state index contributed by atoms with van der Waals surface area (Å²) in [6.07, 6.45) is -3.68. The maximum Gasteiger partial charge on any atom is 0.508 e. The van der Waals surface area contributed by atoms with Gasteiger partial charge in [0.25, 0.3) is 0 Å². The van der Waals surface area contributed by atoms with Gasteiger partial charge < -0.3 is 80.9 Å². The molecule has 0 aliphatic carbocycles. The zero-order valence-corrected chi connectivity index (χ0v) is 34.0. The van der Waals surface area contributed by atoms with Crippen LogP contribution in [-0.2, 0) is 37.9 Å². The number of hydrogen-bond acceptors (Lipinski definition) is 16. The van der Waals surface area contributed by atoms with Crippen LogP contribution >= 0.6 is 39.6 Å². The lowest BCUT2D eigenvalue weighted by molar-refractivity contribution is -0.0730. The molecule has 0 bridgehead atoms. The highest BCUT2D eigenvalue weighted by Crippen LogP contribution is 2.04. The van der Waals surface area contributed by atoms with Crippen molar-refractivity contribution in [2.45, 2.75) is 78.2 Å². The Morgan fingerprint density at radius 3 is 1.54 bits per heavy atom. The molecule has 2 saturated heterocycles. The molecule has 0 amide bonds. The minimum atomic E-state index is -0.877. The fraction of sp³-hybridized carbons (Fsp3) is 0.926. The highest BCUT2D eigenvalue weighted by molar-refractivity contribution is 14.1. The average Bonchev–Trinajstić information content (AvgIpc) is 3.97. The molecule has 0 radical (unpaired) electrons. The van der Waals surface area contributed by atoms with Crippen molar-refractivity contribution in [1.29, 1.82) is 0 Å². The lowest BCUT2D eigenvalue weighted by Crippen LogP contribution is -3.00. The Labute approximate surface area is 308 Å². The third-order valence-corrected chi connectivity index (χ3v) is 3.78. The number of rotatable bonds is 15. The first kappa shape index (κ1) is 59.8. The van der Waals surface area contributed by atoms with E-state index in [1.807, 2.05) is 4.93 Å². The van der Waals surface area contributed by atoms with Gasteiger partial charge in [0.15, 0.2) is 0 Å². The Hall–Kier alpha value is -0.310. The molecule has 0 aromatic heterocycles. The van der Waals surface area contributed by atoms with Crippen LogP contribution in [0.15, 0.2) is 0 Å². The number of carbonyl (C=O) groups excluding carboxylic acids is 2. The zero-order valence-electron chi connectivity index (χ0n) is 29.1. The van der Waals surface area contributed by atoms with Crippen LogP contribution < -0.4 is 17.6 Å². The van der Waals surface area contributed by atoms with E-state index in [0.717, 1.165) is 27.9 Å². The van der Waals surface area contributed by atoms with Gasteiger partial charge in [-0.05, 0) is 55.4 Å². The van der Waals surface area contributed by atoms with E-state index in [-0.39, 0.29) is 78.0 Å². The molecular formula is C27H61ClINO16P2. The smallest absolute Gasteiger partial charge is 0.508 e. The molecule has 294 valence electrons. The van der Waals surface area contributed by atoms with Gasteiger partial charge in [-0.25, -0.2) is 14.8 Å². The van der Waals surface area contributed by atoms with Gasteiger partial charge in [0.05, 0.1) is 90.5 Å². The minimum Gasteiger partial charge on any atom is -1.00 e. The van der Waals surface area contributed by atoms with Crippen molar-refractivity contribution >= 4 is 51.9 Å². The first-order valence-electron chi connectivity index (χ1n) is 14.6. The molecule has 2 heterocycles. The summed E-state index contributed by atoms with van der Waals surface area (Å²) in [6, 6.07) is 0. The summed E-state index contributed by atoms with van der Waals surface area (Å²) in [5.41, 5.74) is 0. The Kier molecular flexibility index (Phi) is 60.8. The lowest BCUT2D eigenvalue weighted by Gasteiger charge is -2.15. The second kappa shape index (κ2) is 48.8. The van der Waals surface area contributed by atoms with Gasteiger partial charge in [0.2, 0.25) is 8.06 Å². The SMILES string of the molecule is C1CO1.CC(COC(=O)OC(C)COCCO)OCCO.CC(O)CO.CC(O)COC(=O)OC(C)CO.CC1CO1.CI.[Cl-].[NH2+]=PP. The third-order valence-electron chi connectivity index (χ3n) is 3.78. The van der Waals surface area contributed by atoms with Gasteiger partial charge >= 0.3 is 12.3 Å². The lowest BCUT2D eigenvalue weighted by atomic mass is 10.4. The van der Waals surface area contributed by atoms with E-state index in [1.54, 1.807) is 13.8 Å². The van der Waals surface area contributed by atoms with E-state index in [9.17, 15) is 9.59 Å². The van der Waals surface area contributed by atoms with Crippen molar-refractivity contribution in [1.82, 2.24) is 0 Å². The largest absolute Gasteiger partial charge is 1.00 e. The van der Waals surface area contributed by atoms with Crippen LogP contribution in [0, 0.1) is 0 Å². The van der Waals surface area contributed by atoms with Gasteiger partial charge in [-0.2, -0.15) is 0 Å². The van der Waals surface area contributed by atoms with Crippen molar-refractivity contribution in [2.75, 3.05) is 84.2 Å². The molecule has 48 heavy (non-hydrogen) atoms. The number of epoxide rings is 2. The first-order chi connectivity index (χ1) is 22.2. The van der Waals surface area contributed by atoms with E-state index in [1.165, 1.54) is 20.8 Å². The van der Waals surface area contributed by atoms with Crippen LogP contribution in [0.1, 0.15) is 41.5 Å². The van der Waals surface area contributed by atoms with Crippen LogP contribution in [-0.4, -0.2) is 164 Å². The number of nitrogens with two attached hydrogens (primary N) is 1. The molecule has 2 aliphatic rings. The molecule has 7 unspecified atom stereocenters. The number of alkyl halides is 1. The van der Waals surface area contributed by atoms with E-state index < -0.39 is 36.7 Å². The molecule has 2 aliphatic heterocycles. The summed E-state index contributed by atoms with van der Waals surface area (Å²) in [7, 11) is 3.16. The number of ether oxygens (including phenoxy) is 8. The van der Waals surface area contributed by atoms with E-state index in [4.69, 9.17) is 59.5 Å². The Morgan fingerprint density at radius 1 is 0.833 bits per heavy atom. The van der Waals surface area contributed by atoms with Gasteiger partial charge in [-0.3, -0.25) is 0 Å². The van der Waals surface area contributed by atoms with E-state index in [2.05, 4.69) is 52.7 Å². The minimum absolute atomic E-state index is 0. The standard InChI is InChI=1S/C11H22O7.C7H14O5.C3H8O2.C3H6O.C2H4O.CH3I.ClH.H3NP2/c1-9(16-6-4-13)8-17-11(14)18-10(2)7-15-5-3-12;1-5(9)4-11-7(10)12-6(2)3-8;1-3(5)2-4;1-3-2-4-3;1-2-3-1;1-2;;1-3-2/h9-10,12-13H,3-8H2,1-2H3;5-6,8-9H,3-4H2,1-2H3;3-5H,2H2,1H3;3H,2H2,1H3;1-2H2;1H3;1H;1H,2H2. The van der Waals surface area contributed by atoms with E-state index in [0.29, 0.717) is 6.10 Å². The fourth-order valence-electron chi connectivity index (χ4n) is 1.55. The van der Waals surface area contributed by atoms with Crippen LogP contribution in [0.5, 0.6) is 0 Å². The van der Waals surface area contributed by atoms with Crippen molar-refractivity contribution < 1.29 is 95.7 Å². The molecule has 0 aromatic rings. The van der Waals surface area contributed by atoms with Crippen molar-refractivity contribution in [3.63, 3.8) is 0 Å². The third kappa shape index (κ3) is 75.8. The van der Waals surface area contributed by atoms with Crippen LogP contribution in [0.4, 0.5) is 9.59 Å². The molecule has 17 nitrogen and oxygen atoms in total. The predicted molar refractivity (Wildman–Crippen MR) is 186 cm³/mol. The molecular weight excluding hydrogens is 819 g/mol. The average molecular weight is 880 g/mol. The molecule has 2 rings (SSSR count). The molecule has 7 atom stereocenters. The first-order valence-corrected chi connectivity index (χ1v) is 19.3. The van der Waals surface area contributed by atoms with E-state index >= 15 is 0 Å². The van der Waals surface area contributed by atoms with Crippen molar-refractivity contribution in [3.05, 3.63) is 0 Å². The Morgan fingerprint density at radius 2 is 1.23 bits per heavy atom. The molecule has 2 fully saturated rings. The number of hydrogen-bond donors (Lipinski definition) is 7. The fourth-order valence-corrected chi connectivity index (χ4v) is 1.55. The van der Waals surface area contributed by atoms with Gasteiger partial charge in [-0.1, -0.05) is 22.6 Å². The summed E-state index contributed by atoms with van der Waals surface area (Å²) >= 11 is 2.15. The summed E-state index contributed by atoms with van der Waals surface area (Å²) in [6.45, 7) is 13.0. The van der Waals surface area contributed by atoms with Crippen molar-refractivity contribution in [3.8, 4) is 0 Å². The number of aliphatic hydroxyl groups is 6. The van der Waals surface area contributed by atoms with Gasteiger partial charge in [0.1, 0.15) is 25.4 Å². The highest BCUT2D eigenvalue weighted by atomic mass is 127. The van der Waals surface area contributed by atoms with Crippen molar-refractivity contribution in [2.24, 2.45) is 0 Å². The summed E-state index contributed by atoms with van der Waals surface area (Å²) in [4.78, 5) is 23.8. The summed E-state index contributed by atoms with van der Waals surface area (Å²) in [5.74, 6) is 0. The topological polar surface area (TPSA) is 262 Å². The molecule has 0 spiro atoms. The zero-order chi connectivity index (χ0) is 37.5. The molecule has 0 saturated carbocycles. The molecule has 21 heteroatoms. The van der Waals surface area contributed by atoms with Crippen LogP contribution in [0.3, 0.4) is 0 Å². The number of carbonyl (C=O) groups is 2. The summed E-state index contributed by atoms with van der Waals surface area (Å²) < 4.78 is 38.0. The maximum absolute atomic E-state index is 11.2. The monoisotopic (exact) mass is 879 g/mol. The Bertz CT molecular complexity index is 658. The van der Waals surface area contributed by atoms with Gasteiger partial charge in [-0.15, -0.1) is 0 Å². The molecule has 8 N–H and O–H groups in total. The summed E-state index contributed by atoms with van der Waals surface area (Å²) in [5, 5.41) is 55.0.